The van der Waals surface area contributed by atoms with Crippen LogP contribution in [-0.4, -0.2) is 46.9 Å². The van der Waals surface area contributed by atoms with Crippen molar-refractivity contribution in [3.8, 4) is 5.75 Å². The van der Waals surface area contributed by atoms with Crippen LogP contribution in [0.15, 0.2) is 60.7 Å². The number of carbonyl (C=O) groups excluding carboxylic acids is 1. The second-order valence-electron chi connectivity index (χ2n) is 15.0. The molecular weight excluding hydrogens is 657 g/mol. The molecule has 3 atom stereocenters. The summed E-state index contributed by atoms with van der Waals surface area (Å²) in [6, 6.07) is 17.1. The highest BCUT2D eigenvalue weighted by molar-refractivity contribution is 7.50. The number of unbranched alkanes of at least 4 members (excludes halogenated alkanes) is 19. The maximum atomic E-state index is 14.0. The minimum absolute atomic E-state index is 0.0690. The lowest BCUT2D eigenvalue weighted by atomic mass is 10.0. The first kappa shape index (κ1) is 43.2. The van der Waals surface area contributed by atoms with E-state index in [0.717, 1.165) is 37.7 Å². The summed E-state index contributed by atoms with van der Waals surface area (Å²) in [5, 5.41) is 0. The molecule has 2 aromatic rings. The number of benzene rings is 2. The quantitative estimate of drug-likeness (QED) is 0.0487. The average Bonchev–Trinajstić information content (AvgIpc) is 3.57. The second-order valence-corrected chi connectivity index (χ2v) is 16.7. The van der Waals surface area contributed by atoms with Gasteiger partial charge < -0.3 is 18.9 Å². The first-order valence-corrected chi connectivity index (χ1v) is 22.0. The highest BCUT2D eigenvalue weighted by Crippen LogP contribution is 2.50. The number of ether oxygens (including phenoxy) is 2. The third-order valence-corrected chi connectivity index (χ3v) is 11.8. The Morgan fingerprint density at radius 2 is 1.24 bits per heavy atom. The Labute approximate surface area is 310 Å². The lowest BCUT2D eigenvalue weighted by Crippen LogP contribution is -2.49. The van der Waals surface area contributed by atoms with Gasteiger partial charge in [0, 0.05) is 13.2 Å². The van der Waals surface area contributed by atoms with E-state index in [4.69, 9.17) is 14.0 Å². The van der Waals surface area contributed by atoms with Gasteiger partial charge in [-0.15, -0.1) is 0 Å². The van der Waals surface area contributed by atoms with E-state index in [0.29, 0.717) is 13.2 Å². The van der Waals surface area contributed by atoms with Gasteiger partial charge in [0.25, 0.3) is 0 Å². The minimum atomic E-state index is -4.50. The fraction of sp³-hybridized carbons (Fsp3) is 0.698. The van der Waals surface area contributed by atoms with Gasteiger partial charge in [-0.25, -0.2) is 4.57 Å². The fourth-order valence-corrected chi connectivity index (χ4v) is 8.63. The molecule has 7 nitrogen and oxygen atoms in total. The molecule has 1 unspecified atom stereocenters. The number of hydrogen-bond donors (Lipinski definition) is 1. The summed E-state index contributed by atoms with van der Waals surface area (Å²) >= 11 is 0. The van der Waals surface area contributed by atoms with E-state index in [2.05, 4.69) is 6.92 Å². The van der Waals surface area contributed by atoms with Crippen LogP contribution in [0.4, 0.5) is 0 Å². The molecule has 0 aromatic heterocycles. The molecular formula is C43H70NO6P. The third-order valence-electron chi connectivity index (χ3n) is 10.2. The molecule has 0 aliphatic carbocycles. The summed E-state index contributed by atoms with van der Waals surface area (Å²) in [6.07, 6.45) is 28.1. The van der Waals surface area contributed by atoms with Gasteiger partial charge in [0.2, 0.25) is 0 Å². The fourth-order valence-electron chi connectivity index (χ4n) is 7.12. The summed E-state index contributed by atoms with van der Waals surface area (Å²) in [6.45, 7) is 5.15. The van der Waals surface area contributed by atoms with Crippen LogP contribution in [0.2, 0.25) is 0 Å². The Balaban J connectivity index is 1.36. The standard InChI is InChI=1S/C43H70NO6P/c1-3-4-5-6-7-8-9-10-11-12-13-14-15-16-17-18-19-20-21-28-35-48-42(45)41(37-39-30-24-22-25-31-39)44(38-43(2)34-29-36-49-43)51(46,47)50-40-32-26-23-27-33-40/h22-27,30-33,41H,3-21,28-29,34-38H2,1-2H3,(H,46,47)/t41-,43-/m0/s1. The molecule has 0 saturated carbocycles. The lowest BCUT2D eigenvalue weighted by Gasteiger charge is -2.37. The van der Waals surface area contributed by atoms with Crippen molar-refractivity contribution in [1.82, 2.24) is 4.67 Å². The zero-order valence-corrected chi connectivity index (χ0v) is 33.0. The molecule has 0 bridgehead atoms. The van der Waals surface area contributed by atoms with Crippen molar-refractivity contribution in [3.05, 3.63) is 66.2 Å². The molecule has 1 aliphatic heterocycles. The number of nitrogens with zero attached hydrogens (tertiary/aromatic N) is 1. The molecule has 1 fully saturated rings. The molecule has 1 heterocycles. The highest BCUT2D eigenvalue weighted by atomic mass is 31.2. The largest absolute Gasteiger partial charge is 0.465 e. The molecule has 0 radical (unpaired) electrons. The van der Waals surface area contributed by atoms with Crippen molar-refractivity contribution in [2.24, 2.45) is 0 Å². The second kappa shape index (κ2) is 25.7. The number of hydrogen-bond acceptors (Lipinski definition) is 5. The molecule has 1 N–H and O–H groups in total. The van der Waals surface area contributed by atoms with Gasteiger partial charge in [0.15, 0.2) is 0 Å². The van der Waals surface area contributed by atoms with Crippen molar-refractivity contribution in [3.63, 3.8) is 0 Å². The molecule has 0 spiro atoms. The molecule has 3 rings (SSSR count). The highest BCUT2D eigenvalue weighted by Gasteiger charge is 2.46. The van der Waals surface area contributed by atoms with Gasteiger partial charge in [0.1, 0.15) is 11.8 Å². The van der Waals surface area contributed by atoms with E-state index < -0.39 is 25.4 Å². The number of carbonyl (C=O) groups is 1. The molecule has 0 amide bonds. The number of para-hydroxylation sites is 1. The Bertz CT molecular complexity index is 1210. The van der Waals surface area contributed by atoms with Crippen molar-refractivity contribution in [2.45, 2.75) is 173 Å². The van der Waals surface area contributed by atoms with E-state index in [1.165, 1.54) is 114 Å². The van der Waals surface area contributed by atoms with Gasteiger partial charge in [-0.3, -0.25) is 4.79 Å². The topological polar surface area (TPSA) is 85.3 Å². The molecule has 1 saturated heterocycles. The van der Waals surface area contributed by atoms with E-state index in [-0.39, 0.29) is 18.7 Å². The minimum Gasteiger partial charge on any atom is -0.465 e. The Kier molecular flexibility index (Phi) is 21.8. The van der Waals surface area contributed by atoms with E-state index in [9.17, 15) is 14.3 Å². The van der Waals surface area contributed by atoms with E-state index >= 15 is 0 Å². The van der Waals surface area contributed by atoms with Crippen molar-refractivity contribution >= 4 is 13.7 Å². The molecule has 51 heavy (non-hydrogen) atoms. The van der Waals surface area contributed by atoms with E-state index in [1.54, 1.807) is 24.3 Å². The van der Waals surface area contributed by atoms with Crippen LogP contribution in [0.1, 0.15) is 161 Å². The summed E-state index contributed by atoms with van der Waals surface area (Å²) in [7, 11) is -4.50. The van der Waals surface area contributed by atoms with Crippen LogP contribution >= 0.6 is 7.75 Å². The Morgan fingerprint density at radius 1 is 0.765 bits per heavy atom. The Morgan fingerprint density at radius 3 is 1.71 bits per heavy atom. The lowest BCUT2D eigenvalue weighted by molar-refractivity contribution is -0.149. The Hall–Kier alpha value is -2.18. The van der Waals surface area contributed by atoms with Gasteiger partial charge in [-0.2, -0.15) is 4.67 Å². The third kappa shape index (κ3) is 18.4. The summed E-state index contributed by atoms with van der Waals surface area (Å²) in [5.74, 6) is -0.244. The van der Waals surface area contributed by atoms with Gasteiger partial charge in [-0.1, -0.05) is 177 Å². The van der Waals surface area contributed by atoms with Gasteiger partial charge in [-0.05, 0) is 50.3 Å². The summed E-state index contributed by atoms with van der Waals surface area (Å²) in [5.41, 5.74) is 0.195. The normalized spacial score (nSPS) is 17.7. The smallest absolute Gasteiger partial charge is 0.459 e. The maximum absolute atomic E-state index is 14.0. The number of rotatable bonds is 30. The predicted molar refractivity (Wildman–Crippen MR) is 210 cm³/mol. The predicted octanol–water partition coefficient (Wildman–Crippen LogP) is 12.0. The number of esters is 1. The van der Waals surface area contributed by atoms with Gasteiger partial charge >= 0.3 is 13.7 Å². The van der Waals surface area contributed by atoms with Crippen LogP contribution < -0.4 is 4.52 Å². The maximum Gasteiger partial charge on any atom is 0.459 e. The van der Waals surface area contributed by atoms with Gasteiger partial charge in [0.05, 0.1) is 12.2 Å². The zero-order chi connectivity index (χ0) is 36.5. The zero-order valence-electron chi connectivity index (χ0n) is 32.1. The van der Waals surface area contributed by atoms with Crippen molar-refractivity contribution < 1.29 is 28.3 Å². The van der Waals surface area contributed by atoms with Crippen LogP contribution in [0.25, 0.3) is 0 Å². The SMILES string of the molecule is CCCCCCCCCCCCCCCCCCCCCCOC(=O)[C@H](Cc1ccccc1)N(C[C@]1(C)CCCO1)P(=O)(O)Oc1ccccc1. The molecule has 288 valence electrons. The molecule has 8 heteroatoms. The summed E-state index contributed by atoms with van der Waals surface area (Å²) < 4.78 is 32.9. The summed E-state index contributed by atoms with van der Waals surface area (Å²) in [4.78, 5) is 25.2. The van der Waals surface area contributed by atoms with E-state index in [1.807, 2.05) is 43.3 Å². The molecule has 1 aliphatic rings. The van der Waals surface area contributed by atoms with Crippen molar-refractivity contribution in [1.29, 1.82) is 0 Å². The van der Waals surface area contributed by atoms with Crippen LogP contribution in [-0.2, 0) is 25.3 Å². The average molecular weight is 728 g/mol. The van der Waals surface area contributed by atoms with Crippen LogP contribution in [0, 0.1) is 0 Å². The monoisotopic (exact) mass is 727 g/mol. The molecule has 2 aromatic carbocycles. The first-order chi connectivity index (χ1) is 24.8. The first-order valence-electron chi connectivity index (χ1n) is 20.5. The van der Waals surface area contributed by atoms with Crippen LogP contribution in [0.5, 0.6) is 5.75 Å². The van der Waals surface area contributed by atoms with Crippen molar-refractivity contribution in [2.75, 3.05) is 19.8 Å². The van der Waals surface area contributed by atoms with Crippen LogP contribution in [0.3, 0.4) is 0 Å².